The molecule has 2 heterocycles. The average molecular weight is 348 g/mol. The first-order valence-electron chi connectivity index (χ1n) is 6.38. The molecule has 0 spiro atoms. The Labute approximate surface area is 130 Å². The highest BCUT2D eigenvalue weighted by molar-refractivity contribution is 9.10. The van der Waals surface area contributed by atoms with Crippen LogP contribution in [0.1, 0.15) is 5.69 Å². The van der Waals surface area contributed by atoms with Gasteiger partial charge in [-0.15, -0.1) is 0 Å². The fourth-order valence-electron chi connectivity index (χ4n) is 2.29. The number of hydrogen-bond donors (Lipinski definition) is 0. The molecular weight excluding hydrogens is 334 g/mol. The van der Waals surface area contributed by atoms with Crippen molar-refractivity contribution in [3.63, 3.8) is 0 Å². The SMILES string of the molecule is COc1cc(OC)n2c(C)c(-c3cccc(Br)c3)nc2n1. The van der Waals surface area contributed by atoms with Gasteiger partial charge in [-0.2, -0.15) is 4.98 Å². The maximum Gasteiger partial charge on any atom is 0.240 e. The topological polar surface area (TPSA) is 48.7 Å². The van der Waals surface area contributed by atoms with E-state index >= 15 is 0 Å². The Hall–Kier alpha value is -2.08. The van der Waals surface area contributed by atoms with Crippen molar-refractivity contribution in [1.29, 1.82) is 0 Å². The van der Waals surface area contributed by atoms with Gasteiger partial charge in [0.15, 0.2) is 0 Å². The molecule has 0 N–H and O–H groups in total. The maximum atomic E-state index is 5.42. The third-order valence-electron chi connectivity index (χ3n) is 3.28. The van der Waals surface area contributed by atoms with Crippen molar-refractivity contribution in [3.05, 3.63) is 40.5 Å². The number of hydrogen-bond acceptors (Lipinski definition) is 4. The fourth-order valence-corrected chi connectivity index (χ4v) is 2.69. The number of ether oxygens (including phenoxy) is 2. The van der Waals surface area contributed by atoms with Crippen molar-refractivity contribution in [2.45, 2.75) is 6.92 Å². The van der Waals surface area contributed by atoms with Crippen LogP contribution < -0.4 is 9.47 Å². The Morgan fingerprint density at radius 1 is 1.10 bits per heavy atom. The molecular formula is C15H14BrN3O2. The Balaban J connectivity index is 2.28. The van der Waals surface area contributed by atoms with E-state index in [0.717, 1.165) is 21.4 Å². The summed E-state index contributed by atoms with van der Waals surface area (Å²) in [6, 6.07) is 9.75. The van der Waals surface area contributed by atoms with Crippen LogP contribution in [0, 0.1) is 6.92 Å². The number of rotatable bonds is 3. The van der Waals surface area contributed by atoms with Crippen LogP contribution in [0.3, 0.4) is 0 Å². The van der Waals surface area contributed by atoms with E-state index < -0.39 is 0 Å². The molecule has 108 valence electrons. The van der Waals surface area contributed by atoms with Crippen LogP contribution in [-0.2, 0) is 0 Å². The summed E-state index contributed by atoms with van der Waals surface area (Å²) < 4.78 is 13.5. The van der Waals surface area contributed by atoms with E-state index in [9.17, 15) is 0 Å². The number of imidazole rings is 1. The summed E-state index contributed by atoms with van der Waals surface area (Å²) in [7, 11) is 3.19. The fraction of sp³-hybridized carbons (Fsp3) is 0.200. The summed E-state index contributed by atoms with van der Waals surface area (Å²) in [5, 5.41) is 0. The minimum Gasteiger partial charge on any atom is -0.482 e. The summed E-state index contributed by atoms with van der Waals surface area (Å²) in [5.74, 6) is 1.67. The van der Waals surface area contributed by atoms with Gasteiger partial charge in [0.1, 0.15) is 0 Å². The quantitative estimate of drug-likeness (QED) is 0.727. The van der Waals surface area contributed by atoms with Gasteiger partial charge >= 0.3 is 0 Å². The van der Waals surface area contributed by atoms with Gasteiger partial charge in [0, 0.05) is 10.0 Å². The van der Waals surface area contributed by atoms with Crippen molar-refractivity contribution in [3.8, 4) is 23.0 Å². The number of halogens is 1. The Morgan fingerprint density at radius 3 is 2.57 bits per heavy atom. The lowest BCUT2D eigenvalue weighted by molar-refractivity contribution is 0.369. The van der Waals surface area contributed by atoms with Gasteiger partial charge < -0.3 is 9.47 Å². The molecule has 0 radical (unpaired) electrons. The van der Waals surface area contributed by atoms with E-state index in [1.165, 1.54) is 0 Å². The highest BCUT2D eigenvalue weighted by Gasteiger charge is 2.16. The Morgan fingerprint density at radius 2 is 1.90 bits per heavy atom. The van der Waals surface area contributed by atoms with Crippen LogP contribution in [0.25, 0.3) is 17.0 Å². The third kappa shape index (κ3) is 2.35. The summed E-state index contributed by atoms with van der Waals surface area (Å²) >= 11 is 3.48. The van der Waals surface area contributed by atoms with Crippen molar-refractivity contribution in [2.75, 3.05) is 14.2 Å². The number of methoxy groups -OCH3 is 2. The van der Waals surface area contributed by atoms with Crippen LogP contribution in [0.5, 0.6) is 11.8 Å². The minimum absolute atomic E-state index is 0.477. The summed E-state index contributed by atoms with van der Waals surface area (Å²) in [6.07, 6.45) is 0. The highest BCUT2D eigenvalue weighted by Crippen LogP contribution is 2.29. The molecule has 2 aromatic heterocycles. The van der Waals surface area contributed by atoms with E-state index in [-0.39, 0.29) is 0 Å². The van der Waals surface area contributed by atoms with Gasteiger partial charge in [-0.25, -0.2) is 4.98 Å². The van der Waals surface area contributed by atoms with Crippen molar-refractivity contribution in [1.82, 2.24) is 14.4 Å². The predicted molar refractivity (Wildman–Crippen MR) is 84.0 cm³/mol. The molecule has 3 rings (SSSR count). The normalized spacial score (nSPS) is 10.9. The summed E-state index contributed by atoms with van der Waals surface area (Å²) in [5.41, 5.74) is 2.86. The molecule has 0 atom stereocenters. The second kappa shape index (κ2) is 5.37. The molecule has 0 saturated heterocycles. The molecule has 3 aromatic rings. The maximum absolute atomic E-state index is 5.42. The zero-order chi connectivity index (χ0) is 15.0. The average Bonchev–Trinajstić information content (AvgIpc) is 2.83. The lowest BCUT2D eigenvalue weighted by Gasteiger charge is -2.07. The second-order valence-corrected chi connectivity index (χ2v) is 5.45. The van der Waals surface area contributed by atoms with Gasteiger partial charge in [-0.1, -0.05) is 28.1 Å². The molecule has 5 nitrogen and oxygen atoms in total. The Bertz CT molecular complexity index is 814. The standard InChI is InChI=1S/C15H14BrN3O2/c1-9-14(10-5-4-6-11(16)7-10)18-15-17-12(20-2)8-13(21-3)19(9)15/h4-8H,1-3H3. The molecule has 0 amide bonds. The molecule has 1 aromatic carbocycles. The van der Waals surface area contributed by atoms with Gasteiger partial charge in [0.2, 0.25) is 17.5 Å². The summed E-state index contributed by atoms with van der Waals surface area (Å²) in [4.78, 5) is 8.98. The van der Waals surface area contributed by atoms with E-state index in [1.54, 1.807) is 20.3 Å². The molecule has 0 aliphatic carbocycles. The third-order valence-corrected chi connectivity index (χ3v) is 3.78. The number of benzene rings is 1. The first kappa shape index (κ1) is 13.9. The first-order valence-corrected chi connectivity index (χ1v) is 7.17. The lowest BCUT2D eigenvalue weighted by atomic mass is 10.1. The predicted octanol–water partition coefficient (Wildman–Crippen LogP) is 3.48. The van der Waals surface area contributed by atoms with Gasteiger partial charge in [0.25, 0.3) is 0 Å². The van der Waals surface area contributed by atoms with Crippen molar-refractivity contribution >= 4 is 21.7 Å². The van der Waals surface area contributed by atoms with Crippen molar-refractivity contribution in [2.24, 2.45) is 0 Å². The van der Waals surface area contributed by atoms with Gasteiger partial charge in [0.05, 0.1) is 31.7 Å². The molecule has 0 aliphatic rings. The number of aryl methyl sites for hydroxylation is 1. The smallest absolute Gasteiger partial charge is 0.240 e. The zero-order valence-corrected chi connectivity index (χ0v) is 13.5. The highest BCUT2D eigenvalue weighted by atomic mass is 79.9. The zero-order valence-electron chi connectivity index (χ0n) is 11.9. The molecule has 0 aliphatic heterocycles. The van der Waals surface area contributed by atoms with E-state index in [0.29, 0.717) is 17.5 Å². The molecule has 0 bridgehead atoms. The Kier molecular flexibility index (Phi) is 3.55. The van der Waals surface area contributed by atoms with Crippen LogP contribution in [0.4, 0.5) is 0 Å². The number of aromatic nitrogens is 3. The molecule has 6 heteroatoms. The van der Waals surface area contributed by atoms with E-state index in [1.807, 2.05) is 35.6 Å². The van der Waals surface area contributed by atoms with E-state index in [4.69, 9.17) is 9.47 Å². The van der Waals surface area contributed by atoms with Gasteiger partial charge in [-0.05, 0) is 19.1 Å². The lowest BCUT2D eigenvalue weighted by Crippen LogP contribution is -1.99. The van der Waals surface area contributed by atoms with Crippen molar-refractivity contribution < 1.29 is 9.47 Å². The molecule has 0 fully saturated rings. The van der Waals surface area contributed by atoms with Crippen LogP contribution in [-0.4, -0.2) is 28.6 Å². The second-order valence-electron chi connectivity index (χ2n) is 4.53. The van der Waals surface area contributed by atoms with Crippen LogP contribution in [0.15, 0.2) is 34.8 Å². The number of fused-ring (bicyclic) bond motifs is 1. The monoisotopic (exact) mass is 347 g/mol. The largest absolute Gasteiger partial charge is 0.482 e. The minimum atomic E-state index is 0.477. The molecule has 21 heavy (non-hydrogen) atoms. The van der Waals surface area contributed by atoms with Crippen LogP contribution >= 0.6 is 15.9 Å². The van der Waals surface area contributed by atoms with Gasteiger partial charge in [-0.3, -0.25) is 4.40 Å². The van der Waals surface area contributed by atoms with Crippen LogP contribution in [0.2, 0.25) is 0 Å². The molecule has 0 unspecified atom stereocenters. The van der Waals surface area contributed by atoms with E-state index in [2.05, 4.69) is 25.9 Å². The molecule has 0 saturated carbocycles. The first-order chi connectivity index (χ1) is 10.1. The summed E-state index contributed by atoms with van der Waals surface area (Å²) in [6.45, 7) is 1.99. The number of nitrogens with zero attached hydrogens (tertiary/aromatic N) is 3.